The molecule has 1 unspecified atom stereocenters. The molecule has 0 radical (unpaired) electrons. The summed E-state index contributed by atoms with van der Waals surface area (Å²) in [4.78, 5) is -1.63. The molecular formula is C10H10Cl8. The molecule has 0 aliphatic heterocycles. The van der Waals surface area contributed by atoms with E-state index in [4.69, 9.17) is 92.8 Å². The van der Waals surface area contributed by atoms with E-state index in [1.54, 1.807) is 0 Å². The van der Waals surface area contributed by atoms with Crippen molar-refractivity contribution in [2.24, 2.45) is 16.7 Å². The van der Waals surface area contributed by atoms with Crippen molar-refractivity contribution in [2.45, 2.75) is 38.1 Å². The van der Waals surface area contributed by atoms with E-state index in [2.05, 4.69) is 0 Å². The number of fused-ring (bicyclic) bond motifs is 2. The molecule has 0 spiro atoms. The van der Waals surface area contributed by atoms with Crippen LogP contribution in [0.4, 0.5) is 0 Å². The lowest BCUT2D eigenvalue weighted by molar-refractivity contribution is 0.143. The molecule has 0 heterocycles. The molecule has 0 amide bonds. The lowest BCUT2D eigenvalue weighted by Crippen LogP contribution is -2.53. The third-order valence-electron chi connectivity index (χ3n) is 4.60. The van der Waals surface area contributed by atoms with Crippen molar-refractivity contribution in [1.82, 2.24) is 0 Å². The molecule has 2 aliphatic carbocycles. The van der Waals surface area contributed by atoms with E-state index in [0.717, 1.165) is 0 Å². The van der Waals surface area contributed by atoms with Crippen molar-refractivity contribution in [1.29, 1.82) is 0 Å². The molecule has 0 saturated heterocycles. The van der Waals surface area contributed by atoms with E-state index in [1.165, 1.54) is 0 Å². The summed E-state index contributed by atoms with van der Waals surface area (Å²) in [5.41, 5.74) is -1.65. The van der Waals surface area contributed by atoms with Gasteiger partial charge in [-0.2, -0.15) is 0 Å². The van der Waals surface area contributed by atoms with Crippen LogP contribution >= 0.6 is 92.8 Å². The van der Waals surface area contributed by atoms with Crippen LogP contribution < -0.4 is 0 Å². The zero-order valence-corrected chi connectivity index (χ0v) is 15.1. The first-order chi connectivity index (χ1) is 8.15. The molecule has 2 saturated carbocycles. The third-order valence-corrected chi connectivity index (χ3v) is 8.80. The molecule has 0 aromatic carbocycles. The van der Waals surface area contributed by atoms with Crippen LogP contribution in [0.2, 0.25) is 0 Å². The average Bonchev–Trinajstić information content (AvgIpc) is 2.55. The van der Waals surface area contributed by atoms with E-state index < -0.39 is 42.0 Å². The molecule has 0 nitrogen and oxygen atoms in total. The molecule has 106 valence electrons. The molecule has 8 heteroatoms. The van der Waals surface area contributed by atoms with Crippen molar-refractivity contribution < 1.29 is 0 Å². The lowest BCUT2D eigenvalue weighted by Gasteiger charge is -2.46. The Labute approximate surface area is 146 Å². The van der Waals surface area contributed by atoms with Gasteiger partial charge < -0.3 is 0 Å². The molecule has 0 aromatic heterocycles. The van der Waals surface area contributed by atoms with Crippen LogP contribution in [0.3, 0.4) is 0 Å². The summed E-state index contributed by atoms with van der Waals surface area (Å²) in [5, 5.41) is -1.92. The summed E-state index contributed by atoms with van der Waals surface area (Å²) in [5.74, 6) is -0.245. The Bertz CT molecular complexity index is 329. The Balaban J connectivity index is 2.67. The Morgan fingerprint density at radius 1 is 0.778 bits per heavy atom. The minimum Gasteiger partial charge on any atom is -0.121 e. The maximum Gasteiger partial charge on any atom is 0.117 e. The van der Waals surface area contributed by atoms with E-state index in [9.17, 15) is 0 Å². The highest BCUT2D eigenvalue weighted by molar-refractivity contribution is 6.49. The first-order valence-electron chi connectivity index (χ1n) is 5.27. The lowest BCUT2D eigenvalue weighted by atomic mass is 9.70. The molecule has 2 bridgehead atoms. The summed E-state index contributed by atoms with van der Waals surface area (Å²) in [7, 11) is 0. The number of alkyl halides is 8. The van der Waals surface area contributed by atoms with E-state index in [1.807, 2.05) is 6.92 Å². The topological polar surface area (TPSA) is 0 Å². The van der Waals surface area contributed by atoms with Crippen LogP contribution in [0.1, 0.15) is 6.92 Å². The van der Waals surface area contributed by atoms with Crippen LogP contribution in [0, 0.1) is 16.7 Å². The zero-order chi connectivity index (χ0) is 14.0. The number of hydrogen-bond donors (Lipinski definition) is 0. The zero-order valence-electron chi connectivity index (χ0n) is 9.07. The number of halogens is 8. The standard InChI is InChI=1S/C10H10Cl8/c1-9(7(15)16)2-3(11)5(13)10(9,8(17)18)6(14)4(2)12/h2-8H,1H3/t2?,3-,4-,5+,6+,9?,10?/m0/s1. The van der Waals surface area contributed by atoms with Crippen molar-refractivity contribution in [3.8, 4) is 0 Å². The highest BCUT2D eigenvalue weighted by Gasteiger charge is 2.80. The molecular weight excluding hydrogens is 404 g/mol. The Hall–Kier alpha value is 2.32. The molecule has 5 atom stereocenters. The van der Waals surface area contributed by atoms with Crippen LogP contribution in [0.5, 0.6) is 0 Å². The van der Waals surface area contributed by atoms with Crippen LogP contribution in [-0.4, -0.2) is 31.2 Å². The van der Waals surface area contributed by atoms with E-state index >= 15 is 0 Å². The fourth-order valence-electron chi connectivity index (χ4n) is 3.57. The van der Waals surface area contributed by atoms with Crippen LogP contribution in [0.15, 0.2) is 0 Å². The van der Waals surface area contributed by atoms with Gasteiger partial charge in [0.15, 0.2) is 0 Å². The first-order valence-corrected chi connectivity index (χ1v) is 8.76. The van der Waals surface area contributed by atoms with Crippen molar-refractivity contribution in [2.75, 3.05) is 0 Å². The van der Waals surface area contributed by atoms with Gasteiger partial charge in [0, 0.05) is 16.7 Å². The van der Waals surface area contributed by atoms with Gasteiger partial charge in [0.2, 0.25) is 0 Å². The highest BCUT2D eigenvalue weighted by atomic mass is 35.5. The predicted molar refractivity (Wildman–Crippen MR) is 83.6 cm³/mol. The molecule has 2 rings (SSSR count). The smallest absolute Gasteiger partial charge is 0.117 e. The summed E-state index contributed by atoms with van der Waals surface area (Å²) in [6.07, 6.45) is 0. The summed E-state index contributed by atoms with van der Waals surface area (Å²) < 4.78 is 0. The molecule has 2 fully saturated rings. The van der Waals surface area contributed by atoms with E-state index in [0.29, 0.717) is 0 Å². The van der Waals surface area contributed by atoms with Crippen LogP contribution in [0.25, 0.3) is 0 Å². The van der Waals surface area contributed by atoms with Gasteiger partial charge in [0.25, 0.3) is 0 Å². The second-order valence-corrected chi connectivity index (χ2v) is 9.18. The van der Waals surface area contributed by atoms with Gasteiger partial charge in [-0.1, -0.05) is 6.92 Å². The van der Waals surface area contributed by atoms with Gasteiger partial charge >= 0.3 is 0 Å². The molecule has 2 aliphatic rings. The molecule has 18 heavy (non-hydrogen) atoms. The molecule has 0 aromatic rings. The quantitative estimate of drug-likeness (QED) is 0.512. The SMILES string of the molecule is CC1(C(Cl)Cl)C2[C@H](Cl)[C@@H](Cl)C1(C(Cl)Cl)[C@H](Cl)[C@H]2Cl. The minimum atomic E-state index is -0.920. The second kappa shape index (κ2) is 5.20. The van der Waals surface area contributed by atoms with Gasteiger partial charge in [0.1, 0.15) is 9.67 Å². The number of rotatable bonds is 2. The third kappa shape index (κ3) is 1.67. The Kier molecular flexibility index (Phi) is 4.82. The molecule has 0 N–H and O–H groups in total. The van der Waals surface area contributed by atoms with Crippen molar-refractivity contribution in [3.05, 3.63) is 0 Å². The Morgan fingerprint density at radius 3 is 1.39 bits per heavy atom. The maximum atomic E-state index is 6.44. The summed E-state index contributed by atoms with van der Waals surface area (Å²) in [6, 6.07) is 0. The summed E-state index contributed by atoms with van der Waals surface area (Å²) in [6.45, 7) is 1.86. The van der Waals surface area contributed by atoms with Gasteiger partial charge in [-0.05, 0) is 0 Å². The first kappa shape index (κ1) is 16.7. The van der Waals surface area contributed by atoms with Crippen molar-refractivity contribution in [3.63, 3.8) is 0 Å². The predicted octanol–water partition coefficient (Wildman–Crippen LogP) is 5.66. The van der Waals surface area contributed by atoms with Crippen molar-refractivity contribution >= 4 is 92.8 Å². The average molecular weight is 414 g/mol. The highest BCUT2D eigenvalue weighted by Crippen LogP contribution is 2.75. The van der Waals surface area contributed by atoms with Gasteiger partial charge in [-0.25, -0.2) is 0 Å². The minimum absolute atomic E-state index is 0.245. The monoisotopic (exact) mass is 410 g/mol. The fraction of sp³-hybridized carbons (Fsp3) is 1.00. The maximum absolute atomic E-state index is 6.44. The largest absolute Gasteiger partial charge is 0.121 e. The fourth-order valence-corrected chi connectivity index (χ4v) is 8.21. The summed E-state index contributed by atoms with van der Waals surface area (Å²) >= 11 is 50.3. The van der Waals surface area contributed by atoms with E-state index in [-0.39, 0.29) is 5.92 Å². The normalized spacial score (nSPS) is 55.8. The van der Waals surface area contributed by atoms with Gasteiger partial charge in [0.05, 0.1) is 21.5 Å². The Morgan fingerprint density at radius 2 is 1.17 bits per heavy atom. The number of hydrogen-bond acceptors (Lipinski definition) is 0. The van der Waals surface area contributed by atoms with Crippen LogP contribution in [-0.2, 0) is 0 Å². The van der Waals surface area contributed by atoms with Gasteiger partial charge in [-0.3, -0.25) is 0 Å². The second-order valence-electron chi connectivity index (χ2n) is 5.04. The van der Waals surface area contributed by atoms with Gasteiger partial charge in [-0.15, -0.1) is 92.8 Å².